The summed E-state index contributed by atoms with van der Waals surface area (Å²) in [6.07, 6.45) is 7.44. The highest BCUT2D eigenvalue weighted by Crippen LogP contribution is 2.23. The fourth-order valence-electron chi connectivity index (χ4n) is 2.16. The molecular weight excluding hydrogens is 570 g/mol. The molecule has 0 bridgehead atoms. The molecule has 0 saturated heterocycles. The van der Waals surface area contributed by atoms with E-state index in [9.17, 15) is 9.90 Å². The number of methoxy groups -OCH3 is 2. The van der Waals surface area contributed by atoms with Crippen LogP contribution in [0.3, 0.4) is 0 Å². The topological polar surface area (TPSA) is 55.8 Å². The van der Waals surface area contributed by atoms with Gasteiger partial charge in [-0.3, -0.25) is 4.79 Å². The minimum Gasteiger partial charge on any atom is -0.508 e. The summed E-state index contributed by atoms with van der Waals surface area (Å²) in [5.41, 5.74) is 1.70. The van der Waals surface area contributed by atoms with E-state index < -0.39 is 0 Å². The predicted octanol–water partition coefficient (Wildman–Crippen LogP) is 5.65. The molecule has 27 heavy (non-hydrogen) atoms. The summed E-state index contributed by atoms with van der Waals surface area (Å²) >= 11 is 4.36. The number of benzene rings is 2. The van der Waals surface area contributed by atoms with E-state index in [2.05, 4.69) is 45.2 Å². The zero-order valence-electron chi connectivity index (χ0n) is 14.8. The molecule has 0 aromatic heterocycles. The molecule has 0 saturated carbocycles. The molecule has 1 N–H and O–H groups in total. The van der Waals surface area contributed by atoms with E-state index in [1.165, 1.54) is 18.2 Å². The quantitative estimate of drug-likeness (QED) is 0.197. The summed E-state index contributed by atoms with van der Waals surface area (Å²) in [4.78, 5) is 12.0. The molecule has 2 rings (SSSR count). The van der Waals surface area contributed by atoms with Gasteiger partial charge >= 0.3 is 0 Å². The Balaban J connectivity index is 2.05. The van der Waals surface area contributed by atoms with Crippen LogP contribution in [-0.2, 0) is 4.79 Å². The average Bonchev–Trinajstić information content (AvgIpc) is 2.66. The first-order valence-corrected chi connectivity index (χ1v) is 10.1. The number of hydrogen-bond donors (Lipinski definition) is 1. The van der Waals surface area contributed by atoms with Gasteiger partial charge in [-0.2, -0.15) is 0 Å². The lowest BCUT2D eigenvalue weighted by atomic mass is 10.1. The van der Waals surface area contributed by atoms with Crippen molar-refractivity contribution < 1.29 is 19.4 Å². The lowest BCUT2D eigenvalue weighted by Crippen LogP contribution is -1.90. The molecule has 0 aliphatic heterocycles. The number of aliphatic hydroxyl groups excluding tert-OH is 1. The first-order valence-electron chi connectivity index (χ1n) is 7.91. The third-order valence-corrected chi connectivity index (χ3v) is 5.31. The lowest BCUT2D eigenvalue weighted by Gasteiger charge is -2.03. The minimum absolute atomic E-state index is 0.123. The highest BCUT2D eigenvalue weighted by molar-refractivity contribution is 14.1. The van der Waals surface area contributed by atoms with Gasteiger partial charge < -0.3 is 14.6 Å². The monoisotopic (exact) mass is 588 g/mol. The molecular formula is C21H18I2O4. The van der Waals surface area contributed by atoms with Crippen molar-refractivity contribution in [3.63, 3.8) is 0 Å². The van der Waals surface area contributed by atoms with E-state index in [-0.39, 0.29) is 11.5 Å². The second-order valence-corrected chi connectivity index (χ2v) is 7.75. The minimum atomic E-state index is -0.310. The molecule has 0 atom stereocenters. The highest BCUT2D eigenvalue weighted by atomic mass is 127. The van der Waals surface area contributed by atoms with Crippen LogP contribution in [0.15, 0.2) is 60.4 Å². The first kappa shape index (κ1) is 21.5. The van der Waals surface area contributed by atoms with Gasteiger partial charge in [0.15, 0.2) is 5.78 Å². The van der Waals surface area contributed by atoms with Crippen LogP contribution in [0.25, 0.3) is 12.2 Å². The Hall–Kier alpha value is -1.81. The van der Waals surface area contributed by atoms with Gasteiger partial charge in [-0.15, -0.1) is 0 Å². The van der Waals surface area contributed by atoms with Crippen molar-refractivity contribution in [3.05, 3.63) is 78.7 Å². The number of ketones is 1. The Morgan fingerprint density at radius 2 is 1.37 bits per heavy atom. The van der Waals surface area contributed by atoms with Crippen LogP contribution in [-0.4, -0.2) is 25.1 Å². The Morgan fingerprint density at radius 3 is 1.85 bits per heavy atom. The second-order valence-electron chi connectivity index (χ2n) is 5.43. The Bertz CT molecular complexity index is 914. The molecule has 0 fully saturated rings. The predicted molar refractivity (Wildman–Crippen MR) is 125 cm³/mol. The number of hydrogen-bond acceptors (Lipinski definition) is 4. The van der Waals surface area contributed by atoms with Crippen LogP contribution in [0, 0.1) is 7.14 Å². The fourth-order valence-corrected chi connectivity index (χ4v) is 3.27. The number of carbonyl (C=O) groups excluding carboxylic acids is 1. The molecule has 0 unspecified atom stereocenters. The van der Waals surface area contributed by atoms with Gasteiger partial charge in [0.1, 0.15) is 17.3 Å². The van der Waals surface area contributed by atoms with Crippen LogP contribution in [0.1, 0.15) is 11.1 Å². The zero-order chi connectivity index (χ0) is 19.8. The number of allylic oxidation sites excluding steroid dienone is 3. The van der Waals surface area contributed by atoms with Crippen molar-refractivity contribution in [3.8, 4) is 11.5 Å². The molecule has 0 aliphatic carbocycles. The number of rotatable bonds is 7. The maximum atomic E-state index is 12.0. The molecule has 4 nitrogen and oxygen atoms in total. The molecule has 0 aliphatic rings. The van der Waals surface area contributed by atoms with Gasteiger partial charge in [0.05, 0.1) is 21.4 Å². The van der Waals surface area contributed by atoms with E-state index in [0.29, 0.717) is 0 Å². The number of carbonyl (C=O) groups is 1. The Labute approximate surface area is 185 Å². The van der Waals surface area contributed by atoms with Crippen molar-refractivity contribution in [1.29, 1.82) is 0 Å². The van der Waals surface area contributed by atoms with Crippen LogP contribution in [0.4, 0.5) is 0 Å². The summed E-state index contributed by atoms with van der Waals surface area (Å²) in [5.74, 6) is 1.07. The molecule has 0 amide bonds. The molecule has 0 heterocycles. The molecule has 2 aromatic rings. The zero-order valence-corrected chi connectivity index (χ0v) is 19.1. The van der Waals surface area contributed by atoms with E-state index in [1.54, 1.807) is 26.4 Å². The smallest absolute Gasteiger partial charge is 0.182 e. The van der Waals surface area contributed by atoms with Crippen LogP contribution >= 0.6 is 45.2 Å². The van der Waals surface area contributed by atoms with Crippen molar-refractivity contribution in [2.45, 2.75) is 0 Å². The number of halogens is 2. The third-order valence-electron chi connectivity index (χ3n) is 3.53. The van der Waals surface area contributed by atoms with Crippen LogP contribution < -0.4 is 9.47 Å². The normalized spacial score (nSPS) is 11.9. The molecule has 140 valence electrons. The summed E-state index contributed by atoms with van der Waals surface area (Å²) in [6, 6.07) is 11.3. The summed E-state index contributed by atoms with van der Waals surface area (Å²) in [7, 11) is 3.21. The SMILES string of the molecule is COc1cc(/C=C/C(=O)/C=C(O)/C=C/c2ccc(I)c(OC)c2)ccc1I. The summed E-state index contributed by atoms with van der Waals surface area (Å²) < 4.78 is 12.5. The van der Waals surface area contributed by atoms with Crippen molar-refractivity contribution in [1.82, 2.24) is 0 Å². The average molecular weight is 588 g/mol. The number of aliphatic hydroxyl groups is 1. The van der Waals surface area contributed by atoms with E-state index in [1.807, 2.05) is 36.4 Å². The molecule has 6 heteroatoms. The molecule has 0 spiro atoms. The standard InChI is InChI=1S/C21H18I2O4/c1-26-20-11-14(5-9-18(20)22)3-7-16(24)13-17(25)8-4-15-6-10-19(23)21(12-15)27-2/h3-13,24H,1-2H3/b7-3+,8-4+,16-13-. The van der Waals surface area contributed by atoms with Gasteiger partial charge in [-0.25, -0.2) is 0 Å². The van der Waals surface area contributed by atoms with Crippen molar-refractivity contribution in [2.24, 2.45) is 0 Å². The van der Waals surface area contributed by atoms with E-state index in [0.717, 1.165) is 29.8 Å². The third kappa shape index (κ3) is 6.69. The molecule has 0 radical (unpaired) electrons. The number of ether oxygens (including phenoxy) is 2. The highest BCUT2D eigenvalue weighted by Gasteiger charge is 2.01. The fraction of sp³-hybridized carbons (Fsp3) is 0.0952. The maximum absolute atomic E-state index is 12.0. The molecule has 2 aromatic carbocycles. The van der Waals surface area contributed by atoms with Crippen molar-refractivity contribution in [2.75, 3.05) is 14.2 Å². The van der Waals surface area contributed by atoms with Crippen molar-refractivity contribution >= 4 is 63.1 Å². The van der Waals surface area contributed by atoms with Gasteiger partial charge in [0.25, 0.3) is 0 Å². The lowest BCUT2D eigenvalue weighted by molar-refractivity contribution is -0.110. The van der Waals surface area contributed by atoms with Gasteiger partial charge in [-0.1, -0.05) is 24.3 Å². The van der Waals surface area contributed by atoms with E-state index in [4.69, 9.17) is 9.47 Å². The van der Waals surface area contributed by atoms with Crippen LogP contribution in [0.5, 0.6) is 11.5 Å². The van der Waals surface area contributed by atoms with Crippen LogP contribution in [0.2, 0.25) is 0 Å². The second kappa shape index (κ2) is 10.5. The van der Waals surface area contributed by atoms with E-state index >= 15 is 0 Å². The summed E-state index contributed by atoms with van der Waals surface area (Å²) in [5, 5.41) is 9.94. The van der Waals surface area contributed by atoms with Gasteiger partial charge in [-0.05, 0) is 92.7 Å². The summed E-state index contributed by atoms with van der Waals surface area (Å²) in [6.45, 7) is 0. The Morgan fingerprint density at radius 1 is 0.889 bits per heavy atom. The first-order chi connectivity index (χ1) is 12.9. The largest absolute Gasteiger partial charge is 0.508 e. The Kier molecular flexibility index (Phi) is 8.36. The van der Waals surface area contributed by atoms with Gasteiger partial charge in [0.2, 0.25) is 0 Å². The van der Waals surface area contributed by atoms with Gasteiger partial charge in [0, 0.05) is 6.08 Å². The maximum Gasteiger partial charge on any atom is 0.182 e.